The monoisotopic (exact) mass is 117 g/mol. The molecule has 2 heteroatoms. The Morgan fingerprint density at radius 1 is 1.38 bits per heavy atom. The molecule has 0 spiro atoms. The number of rotatable bonds is 5. The molecule has 0 fully saturated rings. The summed E-state index contributed by atoms with van der Waals surface area (Å²) in [5.74, 6) is 0. The van der Waals surface area contributed by atoms with E-state index in [-0.39, 0.29) is 0 Å². The predicted molar refractivity (Wildman–Crippen MR) is 32.2 cm³/mol. The Balaban J connectivity index is 2.53. The van der Waals surface area contributed by atoms with Gasteiger partial charge in [-0.3, -0.25) is 0 Å². The van der Waals surface area contributed by atoms with Crippen molar-refractivity contribution in [1.82, 2.24) is 0 Å². The Morgan fingerprint density at radius 2 is 2.12 bits per heavy atom. The zero-order valence-electron chi connectivity index (χ0n) is 5.35. The average molecular weight is 117 g/mol. The van der Waals surface area contributed by atoms with E-state index >= 15 is 0 Å². The maximum Gasteiger partial charge on any atom is 0.0823 e. The largest absolute Gasteiger partial charge is 0.237 e. The van der Waals surface area contributed by atoms with Crippen molar-refractivity contribution in [2.24, 2.45) is 0 Å². The minimum Gasteiger partial charge on any atom is -0.237 e. The van der Waals surface area contributed by atoms with Crippen LogP contribution in [-0.2, 0) is 9.78 Å². The third kappa shape index (κ3) is 5.92. The van der Waals surface area contributed by atoms with Gasteiger partial charge in [-0.25, -0.2) is 9.78 Å². The molecule has 0 unspecified atom stereocenters. The van der Waals surface area contributed by atoms with E-state index in [1.54, 1.807) is 0 Å². The van der Waals surface area contributed by atoms with E-state index in [4.69, 9.17) is 0 Å². The minimum atomic E-state index is 0.393. The summed E-state index contributed by atoms with van der Waals surface area (Å²) in [6.07, 6.45) is 2.19. The summed E-state index contributed by atoms with van der Waals surface area (Å²) in [7, 11) is 0. The fourth-order valence-electron chi connectivity index (χ4n) is 0.321. The Hall–Kier alpha value is -0.0800. The van der Waals surface area contributed by atoms with Gasteiger partial charge in [-0.2, -0.15) is 0 Å². The summed E-state index contributed by atoms with van der Waals surface area (Å²) in [6, 6.07) is 0. The van der Waals surface area contributed by atoms with E-state index in [1.165, 1.54) is 0 Å². The Bertz CT molecular complexity index is 31.5. The van der Waals surface area contributed by atoms with Crippen LogP contribution in [0.3, 0.4) is 0 Å². The fourth-order valence-corrected chi connectivity index (χ4v) is 0.321. The molecule has 0 heterocycles. The molecule has 0 saturated heterocycles. The maximum atomic E-state index is 4.66. The van der Waals surface area contributed by atoms with Gasteiger partial charge in [0.2, 0.25) is 0 Å². The average Bonchev–Trinajstić information content (AvgIpc) is 1.81. The molecule has 8 heavy (non-hydrogen) atoms. The number of hydrogen-bond acceptors (Lipinski definition) is 2. The van der Waals surface area contributed by atoms with Crippen molar-refractivity contribution in [1.29, 1.82) is 0 Å². The smallest absolute Gasteiger partial charge is 0.0823 e. The lowest BCUT2D eigenvalue weighted by molar-refractivity contribution is -0.287. The van der Waals surface area contributed by atoms with E-state index in [9.17, 15) is 0 Å². The second-order valence-corrected chi connectivity index (χ2v) is 1.50. The van der Waals surface area contributed by atoms with Crippen molar-refractivity contribution in [2.75, 3.05) is 13.2 Å². The summed E-state index contributed by atoms with van der Waals surface area (Å²) in [5.41, 5.74) is 0. The van der Waals surface area contributed by atoms with Gasteiger partial charge in [0, 0.05) is 0 Å². The Morgan fingerprint density at radius 3 is 2.62 bits per heavy atom. The number of unbranched alkanes of at least 4 members (excludes halogenated alkanes) is 1. The van der Waals surface area contributed by atoms with Crippen molar-refractivity contribution < 1.29 is 9.78 Å². The third-order valence-corrected chi connectivity index (χ3v) is 0.748. The van der Waals surface area contributed by atoms with Gasteiger partial charge in [0.05, 0.1) is 13.2 Å². The van der Waals surface area contributed by atoms with Gasteiger partial charge in [-0.05, 0) is 13.3 Å². The molecule has 0 aromatic heterocycles. The predicted octanol–water partition coefficient (Wildman–Crippen LogP) is 1.57. The summed E-state index contributed by atoms with van der Waals surface area (Å²) in [4.78, 5) is 9.19. The van der Waals surface area contributed by atoms with Gasteiger partial charge < -0.3 is 0 Å². The van der Waals surface area contributed by atoms with Crippen LogP contribution in [0.1, 0.15) is 19.8 Å². The summed E-state index contributed by atoms with van der Waals surface area (Å²) in [6.45, 7) is 6.62. The van der Waals surface area contributed by atoms with Crippen LogP contribution in [0.25, 0.3) is 0 Å². The van der Waals surface area contributed by atoms with Gasteiger partial charge in [-0.15, -0.1) is 0 Å². The van der Waals surface area contributed by atoms with Crippen LogP contribution in [0.2, 0.25) is 0 Å². The molecule has 2 nitrogen and oxygen atoms in total. The van der Waals surface area contributed by atoms with E-state index in [0.29, 0.717) is 13.2 Å². The first-order valence-electron chi connectivity index (χ1n) is 2.95. The molecule has 0 aliphatic heterocycles. The normalized spacial score (nSPS) is 9.75. The standard InChI is InChI=1S/C6H13O2/c1-3-5-6-8-7-4-2/h2-6H2,1H3. The molecule has 0 aliphatic rings. The van der Waals surface area contributed by atoms with Crippen LogP contribution < -0.4 is 0 Å². The molecule has 0 aromatic rings. The molecule has 1 radical (unpaired) electrons. The highest BCUT2D eigenvalue weighted by Crippen LogP contribution is 1.87. The second-order valence-electron chi connectivity index (χ2n) is 1.50. The lowest BCUT2D eigenvalue weighted by atomic mass is 10.4. The van der Waals surface area contributed by atoms with E-state index in [0.717, 1.165) is 12.8 Å². The van der Waals surface area contributed by atoms with Crippen LogP contribution in [-0.4, -0.2) is 13.2 Å². The summed E-state index contributed by atoms with van der Waals surface area (Å²) in [5, 5.41) is 0. The molecule has 0 amide bonds. The fraction of sp³-hybridized carbons (Fsp3) is 0.833. The zero-order chi connectivity index (χ0) is 6.24. The molecule has 0 atom stereocenters. The molecule has 0 aromatic carbocycles. The first-order valence-corrected chi connectivity index (χ1v) is 2.95. The van der Waals surface area contributed by atoms with Crippen LogP contribution >= 0.6 is 0 Å². The first-order chi connectivity index (χ1) is 3.91. The van der Waals surface area contributed by atoms with Gasteiger partial charge in [-0.1, -0.05) is 13.3 Å². The van der Waals surface area contributed by atoms with E-state index in [1.807, 2.05) is 0 Å². The molecule has 0 N–H and O–H groups in total. The van der Waals surface area contributed by atoms with Crippen molar-refractivity contribution in [3.05, 3.63) is 6.92 Å². The van der Waals surface area contributed by atoms with Crippen LogP contribution in [0.15, 0.2) is 0 Å². The second kappa shape index (κ2) is 6.92. The van der Waals surface area contributed by atoms with Crippen LogP contribution in [0.4, 0.5) is 0 Å². The van der Waals surface area contributed by atoms with Crippen molar-refractivity contribution in [3.63, 3.8) is 0 Å². The topological polar surface area (TPSA) is 18.5 Å². The van der Waals surface area contributed by atoms with Crippen molar-refractivity contribution >= 4 is 0 Å². The maximum absolute atomic E-state index is 4.66. The van der Waals surface area contributed by atoms with Gasteiger partial charge >= 0.3 is 0 Å². The molecular weight excluding hydrogens is 104 g/mol. The quantitative estimate of drug-likeness (QED) is 0.309. The highest BCUT2D eigenvalue weighted by molar-refractivity contribution is 4.27. The molecule has 49 valence electrons. The molecule has 0 rings (SSSR count). The van der Waals surface area contributed by atoms with Crippen LogP contribution in [0.5, 0.6) is 0 Å². The SMILES string of the molecule is [CH2]COOCCCC. The molecule has 0 aliphatic carbocycles. The molecular formula is C6H13O2. The van der Waals surface area contributed by atoms with Gasteiger partial charge in [0.1, 0.15) is 0 Å². The highest BCUT2D eigenvalue weighted by Gasteiger charge is 1.82. The Kier molecular flexibility index (Phi) is 6.85. The first kappa shape index (κ1) is 7.92. The molecule has 0 bridgehead atoms. The van der Waals surface area contributed by atoms with Gasteiger partial charge in [0.15, 0.2) is 0 Å². The highest BCUT2D eigenvalue weighted by atomic mass is 17.2. The third-order valence-electron chi connectivity index (χ3n) is 0.748. The minimum absolute atomic E-state index is 0.393. The molecule has 0 saturated carbocycles. The Labute approximate surface area is 50.7 Å². The summed E-state index contributed by atoms with van der Waals surface area (Å²) >= 11 is 0. The van der Waals surface area contributed by atoms with Crippen molar-refractivity contribution in [2.45, 2.75) is 19.8 Å². The van der Waals surface area contributed by atoms with E-state index in [2.05, 4.69) is 23.6 Å². The lowest BCUT2D eigenvalue weighted by Gasteiger charge is -1.97. The number of hydrogen-bond donors (Lipinski definition) is 0. The van der Waals surface area contributed by atoms with Crippen molar-refractivity contribution in [3.8, 4) is 0 Å². The van der Waals surface area contributed by atoms with Crippen LogP contribution in [0, 0.1) is 6.92 Å². The van der Waals surface area contributed by atoms with Gasteiger partial charge in [0.25, 0.3) is 0 Å². The van der Waals surface area contributed by atoms with E-state index < -0.39 is 0 Å². The lowest BCUT2D eigenvalue weighted by Crippen LogP contribution is -1.94. The zero-order valence-corrected chi connectivity index (χ0v) is 5.35. The summed E-state index contributed by atoms with van der Waals surface area (Å²) < 4.78 is 0.